The highest BCUT2D eigenvalue weighted by Crippen LogP contribution is 2.36. The predicted octanol–water partition coefficient (Wildman–Crippen LogP) is 7.25. The first kappa shape index (κ1) is 31.3. The maximum absolute atomic E-state index is 13.6. The van der Waals surface area contributed by atoms with Crippen molar-refractivity contribution in [3.8, 4) is 11.1 Å². The van der Waals surface area contributed by atoms with E-state index in [4.69, 9.17) is 4.74 Å². The Hall–Kier alpha value is -3.65. The largest absolute Gasteiger partial charge is 0.459 e. The molecule has 0 radical (unpaired) electrons. The van der Waals surface area contributed by atoms with E-state index in [9.17, 15) is 22.8 Å². The quantitative estimate of drug-likeness (QED) is 0.299. The molecule has 1 amide bonds. The molecule has 1 fully saturated rings. The lowest BCUT2D eigenvalue weighted by molar-refractivity contribution is -0.164. The Labute approximate surface area is 246 Å². The molecule has 1 aliphatic rings. The van der Waals surface area contributed by atoms with Crippen LogP contribution < -0.4 is 5.32 Å². The van der Waals surface area contributed by atoms with Crippen LogP contribution in [-0.4, -0.2) is 47.6 Å². The summed E-state index contributed by atoms with van der Waals surface area (Å²) in [5.41, 5.74) is 0.165. The van der Waals surface area contributed by atoms with Crippen molar-refractivity contribution < 1.29 is 27.5 Å². The third-order valence-electron chi connectivity index (χ3n) is 8.14. The molecule has 1 saturated heterocycles. The van der Waals surface area contributed by atoms with Gasteiger partial charge in [-0.25, -0.2) is 0 Å². The number of nitrogens with one attached hydrogen (secondary N) is 1. The zero-order chi connectivity index (χ0) is 30.7. The number of alkyl halides is 3. The van der Waals surface area contributed by atoms with E-state index >= 15 is 0 Å². The van der Waals surface area contributed by atoms with Gasteiger partial charge >= 0.3 is 12.1 Å². The Morgan fingerprint density at radius 2 is 1.40 bits per heavy atom. The fraction of sp³-hybridized carbons (Fsp3) is 0.412. The molecule has 8 heteroatoms. The smallest absolute Gasteiger partial charge is 0.416 e. The number of amides is 1. The maximum atomic E-state index is 13.6. The van der Waals surface area contributed by atoms with Crippen molar-refractivity contribution in [2.45, 2.75) is 76.7 Å². The van der Waals surface area contributed by atoms with Crippen molar-refractivity contribution in [2.24, 2.45) is 0 Å². The Bertz CT molecular complexity index is 1380. The number of ether oxygens (including phenoxy) is 1. The molecule has 2 unspecified atom stereocenters. The Balaban J connectivity index is 1.45. The maximum Gasteiger partial charge on any atom is 0.416 e. The summed E-state index contributed by atoms with van der Waals surface area (Å²) in [6, 6.07) is 21.2. The van der Waals surface area contributed by atoms with Crippen LogP contribution in [0.15, 0.2) is 78.9 Å². The molecular weight excluding hydrogens is 541 g/mol. The summed E-state index contributed by atoms with van der Waals surface area (Å²) in [5, 5.41) is 3.13. The normalized spacial score (nSPS) is 17.2. The first-order valence-corrected chi connectivity index (χ1v) is 14.3. The molecule has 0 saturated carbocycles. The van der Waals surface area contributed by atoms with E-state index in [1.54, 1.807) is 24.3 Å². The van der Waals surface area contributed by atoms with Crippen LogP contribution >= 0.6 is 0 Å². The highest BCUT2D eigenvalue weighted by Gasteiger charge is 2.46. The minimum atomic E-state index is -4.42. The molecule has 3 aromatic carbocycles. The molecule has 1 heterocycles. The molecule has 42 heavy (non-hydrogen) atoms. The highest BCUT2D eigenvalue weighted by molar-refractivity contribution is 6.01. The van der Waals surface area contributed by atoms with Gasteiger partial charge in [-0.15, -0.1) is 0 Å². The lowest BCUT2D eigenvalue weighted by Crippen LogP contribution is -2.57. The van der Waals surface area contributed by atoms with Crippen LogP contribution in [0.3, 0.4) is 0 Å². The third-order valence-corrected chi connectivity index (χ3v) is 8.14. The van der Waals surface area contributed by atoms with Crippen molar-refractivity contribution in [3.05, 3.63) is 95.6 Å². The van der Waals surface area contributed by atoms with Crippen molar-refractivity contribution >= 4 is 11.9 Å². The van der Waals surface area contributed by atoms with Gasteiger partial charge in [0.1, 0.15) is 11.0 Å². The first-order chi connectivity index (χ1) is 19.7. The molecule has 224 valence electrons. The van der Waals surface area contributed by atoms with E-state index in [1.807, 2.05) is 58.0 Å². The van der Waals surface area contributed by atoms with Gasteiger partial charge in [-0.05, 0) is 82.3 Å². The molecule has 0 aromatic heterocycles. The second kappa shape index (κ2) is 12.3. The average Bonchev–Trinajstić information content (AvgIpc) is 2.96. The van der Waals surface area contributed by atoms with E-state index in [0.717, 1.165) is 17.7 Å². The summed E-state index contributed by atoms with van der Waals surface area (Å²) in [4.78, 5) is 29.2. The summed E-state index contributed by atoms with van der Waals surface area (Å²) in [7, 11) is 0. The second-order valence-electron chi connectivity index (χ2n) is 12.2. The average molecular weight is 581 g/mol. The number of likely N-dealkylation sites (tertiary alicyclic amines) is 1. The van der Waals surface area contributed by atoms with E-state index < -0.39 is 22.8 Å². The molecule has 3 aromatic rings. The van der Waals surface area contributed by atoms with Crippen LogP contribution in [0.4, 0.5) is 13.2 Å². The van der Waals surface area contributed by atoms with Crippen molar-refractivity contribution in [1.29, 1.82) is 0 Å². The summed E-state index contributed by atoms with van der Waals surface area (Å²) >= 11 is 0. The zero-order valence-electron chi connectivity index (χ0n) is 24.8. The summed E-state index contributed by atoms with van der Waals surface area (Å²) in [6.45, 7) is 10.9. The molecule has 0 spiro atoms. The zero-order valence-corrected chi connectivity index (χ0v) is 24.8. The fourth-order valence-corrected chi connectivity index (χ4v) is 5.53. The molecule has 1 aliphatic heterocycles. The van der Waals surface area contributed by atoms with Gasteiger partial charge in [0.15, 0.2) is 0 Å². The molecule has 0 bridgehead atoms. The Morgan fingerprint density at radius 1 is 0.833 bits per heavy atom. The van der Waals surface area contributed by atoms with Gasteiger partial charge < -0.3 is 10.1 Å². The van der Waals surface area contributed by atoms with Crippen LogP contribution in [0.5, 0.6) is 0 Å². The standard InChI is InChI=1S/C34H39F3N2O3/c1-23(33(5,25-11-7-6-8-12-25)31(41)42-32(2,3)4)39-21-19-27(20-22-39)38-30(40)29-14-10-9-13-28(29)24-15-17-26(18-16-24)34(35,36)37/h6-18,23,27H,19-22H2,1-5H3,(H,38,40). The van der Waals surface area contributed by atoms with Crippen LogP contribution in [0.2, 0.25) is 0 Å². The highest BCUT2D eigenvalue weighted by atomic mass is 19.4. The number of halogens is 3. The number of nitrogens with zero attached hydrogens (tertiary/aromatic N) is 1. The summed E-state index contributed by atoms with van der Waals surface area (Å²) < 4.78 is 45.0. The number of hydrogen-bond acceptors (Lipinski definition) is 4. The van der Waals surface area contributed by atoms with Gasteiger partial charge in [-0.3, -0.25) is 14.5 Å². The van der Waals surface area contributed by atoms with Gasteiger partial charge in [-0.1, -0.05) is 60.7 Å². The van der Waals surface area contributed by atoms with Crippen LogP contribution in [0.25, 0.3) is 11.1 Å². The van der Waals surface area contributed by atoms with E-state index in [0.29, 0.717) is 42.6 Å². The van der Waals surface area contributed by atoms with Gasteiger partial charge in [-0.2, -0.15) is 13.2 Å². The fourth-order valence-electron chi connectivity index (χ4n) is 5.53. The number of esters is 1. The Kier molecular flexibility index (Phi) is 9.16. The van der Waals surface area contributed by atoms with Crippen LogP contribution in [0, 0.1) is 0 Å². The topological polar surface area (TPSA) is 58.6 Å². The number of carbonyl (C=O) groups is 2. The van der Waals surface area contributed by atoms with Crippen LogP contribution in [0.1, 0.15) is 68.9 Å². The number of piperidine rings is 1. The lowest BCUT2D eigenvalue weighted by Gasteiger charge is -2.44. The minimum Gasteiger partial charge on any atom is -0.459 e. The van der Waals surface area contributed by atoms with E-state index in [2.05, 4.69) is 17.1 Å². The molecular formula is C34H39F3N2O3. The number of hydrogen-bond donors (Lipinski definition) is 1. The van der Waals surface area contributed by atoms with Crippen LogP contribution in [-0.2, 0) is 21.1 Å². The van der Waals surface area contributed by atoms with Crippen molar-refractivity contribution in [3.63, 3.8) is 0 Å². The van der Waals surface area contributed by atoms with E-state index in [1.165, 1.54) is 12.1 Å². The van der Waals surface area contributed by atoms with Gasteiger partial charge in [0.2, 0.25) is 0 Å². The summed E-state index contributed by atoms with van der Waals surface area (Å²) in [5.74, 6) is -0.538. The van der Waals surface area contributed by atoms with Crippen molar-refractivity contribution in [1.82, 2.24) is 10.2 Å². The number of carbonyl (C=O) groups excluding carboxylic acids is 2. The van der Waals surface area contributed by atoms with E-state index in [-0.39, 0.29) is 24.0 Å². The van der Waals surface area contributed by atoms with Gasteiger partial charge in [0, 0.05) is 30.7 Å². The molecule has 0 aliphatic carbocycles. The lowest BCUT2D eigenvalue weighted by atomic mass is 9.75. The van der Waals surface area contributed by atoms with Crippen molar-refractivity contribution in [2.75, 3.05) is 13.1 Å². The SMILES string of the molecule is CC(N1CCC(NC(=O)c2ccccc2-c2ccc(C(F)(F)F)cc2)CC1)C(C)(C(=O)OC(C)(C)C)c1ccccc1. The molecule has 1 N–H and O–H groups in total. The third kappa shape index (κ3) is 7.04. The molecule has 2 atom stereocenters. The first-order valence-electron chi connectivity index (χ1n) is 14.3. The number of rotatable bonds is 7. The molecule has 5 nitrogen and oxygen atoms in total. The molecule has 4 rings (SSSR count). The Morgan fingerprint density at radius 3 is 1.98 bits per heavy atom. The van der Waals surface area contributed by atoms with Gasteiger partial charge in [0.05, 0.1) is 5.56 Å². The number of benzene rings is 3. The predicted molar refractivity (Wildman–Crippen MR) is 158 cm³/mol. The summed E-state index contributed by atoms with van der Waals surface area (Å²) in [6.07, 6.45) is -3.04. The van der Waals surface area contributed by atoms with Gasteiger partial charge in [0.25, 0.3) is 5.91 Å². The monoisotopic (exact) mass is 580 g/mol. The minimum absolute atomic E-state index is 0.0777. The second-order valence-corrected chi connectivity index (χ2v) is 12.2.